The fourth-order valence-corrected chi connectivity index (χ4v) is 2.92. The second kappa shape index (κ2) is 10.8. The molecule has 7 heteroatoms. The van der Waals surface area contributed by atoms with Gasteiger partial charge >= 0.3 is 0 Å². The average molecular weight is 416 g/mol. The van der Waals surface area contributed by atoms with Crippen molar-refractivity contribution in [1.82, 2.24) is 10.2 Å². The van der Waals surface area contributed by atoms with E-state index in [-0.39, 0.29) is 36.4 Å². The van der Waals surface area contributed by atoms with Crippen molar-refractivity contribution in [2.75, 3.05) is 20.2 Å². The van der Waals surface area contributed by atoms with E-state index in [9.17, 15) is 14.4 Å². The number of hydrogen-bond acceptors (Lipinski definition) is 6. The first-order valence-electron chi connectivity index (χ1n) is 9.86. The second-order valence-corrected chi connectivity index (χ2v) is 8.16. The summed E-state index contributed by atoms with van der Waals surface area (Å²) in [6.07, 6.45) is 1.43. The summed E-state index contributed by atoms with van der Waals surface area (Å²) >= 11 is 0. The van der Waals surface area contributed by atoms with Crippen LogP contribution in [-0.2, 0) is 14.4 Å². The van der Waals surface area contributed by atoms with E-state index in [4.69, 9.17) is 10.5 Å². The predicted octanol–water partition coefficient (Wildman–Crippen LogP) is 2.64. The van der Waals surface area contributed by atoms with Crippen molar-refractivity contribution in [3.63, 3.8) is 0 Å². The van der Waals surface area contributed by atoms with Crippen molar-refractivity contribution < 1.29 is 19.1 Å². The van der Waals surface area contributed by atoms with Crippen LogP contribution < -0.4 is 15.8 Å². The maximum Gasteiger partial charge on any atom is 0.240 e. The molecule has 7 nitrogen and oxygen atoms in total. The first-order valence-corrected chi connectivity index (χ1v) is 9.86. The fourth-order valence-electron chi connectivity index (χ4n) is 2.92. The van der Waals surface area contributed by atoms with Crippen LogP contribution in [0.3, 0.4) is 0 Å². The van der Waals surface area contributed by atoms with Crippen LogP contribution in [0.1, 0.15) is 58.6 Å². The Labute approximate surface area is 179 Å². The van der Waals surface area contributed by atoms with Gasteiger partial charge in [-0.3, -0.25) is 9.59 Å². The summed E-state index contributed by atoms with van der Waals surface area (Å²) in [5.41, 5.74) is 7.41. The first kappa shape index (κ1) is 25.1. The van der Waals surface area contributed by atoms with E-state index in [1.807, 2.05) is 45.8 Å². The van der Waals surface area contributed by atoms with E-state index in [2.05, 4.69) is 5.32 Å². The summed E-state index contributed by atoms with van der Waals surface area (Å²) in [7, 11) is 1.58. The number of methoxy groups -OCH3 is 1. The van der Waals surface area contributed by atoms with Gasteiger partial charge in [0.15, 0.2) is 5.78 Å². The molecule has 1 aromatic carbocycles. The van der Waals surface area contributed by atoms with Gasteiger partial charge in [-0.25, -0.2) is 4.79 Å². The molecule has 0 aromatic heterocycles. The van der Waals surface area contributed by atoms with Crippen molar-refractivity contribution in [3.8, 4) is 5.75 Å². The van der Waals surface area contributed by atoms with E-state index in [0.29, 0.717) is 11.4 Å². The van der Waals surface area contributed by atoms with Crippen molar-refractivity contribution in [2.24, 2.45) is 5.73 Å². The third-order valence-electron chi connectivity index (χ3n) is 4.63. The number of ether oxygens (including phenoxy) is 1. The quantitative estimate of drug-likeness (QED) is 0.450. The zero-order valence-electron chi connectivity index (χ0n) is 19.0. The monoisotopic (exact) mass is 415 g/mol. The Bertz CT molecular complexity index is 865. The van der Waals surface area contributed by atoms with E-state index < -0.39 is 5.54 Å². The molecule has 0 aliphatic rings. The minimum Gasteiger partial charge on any atom is -0.497 e. The summed E-state index contributed by atoms with van der Waals surface area (Å²) in [4.78, 5) is 37.8. The number of amides is 1. The molecule has 1 rings (SSSR count). The molecule has 0 atom stereocenters. The molecule has 0 heterocycles. The number of nitrogens with one attached hydrogen (secondary N) is 1. The van der Waals surface area contributed by atoms with Crippen LogP contribution in [0.4, 0.5) is 0 Å². The lowest BCUT2D eigenvalue weighted by atomic mass is 9.93. The summed E-state index contributed by atoms with van der Waals surface area (Å²) in [5.74, 6) is 2.11. The van der Waals surface area contributed by atoms with Crippen LogP contribution >= 0.6 is 0 Å². The maximum atomic E-state index is 12.7. The smallest absolute Gasteiger partial charge is 0.240 e. The number of benzene rings is 1. The topological polar surface area (TPSA) is 102 Å². The van der Waals surface area contributed by atoms with E-state index in [1.54, 1.807) is 20.1 Å². The Balaban J connectivity index is 3.57. The zero-order valence-corrected chi connectivity index (χ0v) is 19.0. The molecule has 0 saturated carbocycles. The number of ketones is 1. The molecule has 0 bridgehead atoms. The highest BCUT2D eigenvalue weighted by Crippen LogP contribution is 2.32. The molecule has 0 radical (unpaired) electrons. The van der Waals surface area contributed by atoms with E-state index in [0.717, 1.165) is 11.1 Å². The molecule has 0 spiro atoms. The summed E-state index contributed by atoms with van der Waals surface area (Å²) in [6.45, 7) is 10.7. The van der Waals surface area contributed by atoms with Gasteiger partial charge in [0.25, 0.3) is 0 Å². The van der Waals surface area contributed by atoms with Gasteiger partial charge in [0, 0.05) is 23.7 Å². The van der Waals surface area contributed by atoms with Gasteiger partial charge in [-0.05, 0) is 57.4 Å². The highest BCUT2D eigenvalue weighted by Gasteiger charge is 2.25. The first-order chi connectivity index (χ1) is 13.9. The Hall–Kier alpha value is -2.89. The van der Waals surface area contributed by atoms with Gasteiger partial charge in [-0.15, -0.1) is 0 Å². The van der Waals surface area contributed by atoms with Gasteiger partial charge in [0.1, 0.15) is 23.9 Å². The minimum absolute atomic E-state index is 0.109. The number of nitrogens with two attached hydrogens (primary N) is 1. The molecule has 0 aliphatic heterocycles. The lowest BCUT2D eigenvalue weighted by Gasteiger charge is -2.30. The average Bonchev–Trinajstić information content (AvgIpc) is 2.68. The highest BCUT2D eigenvalue weighted by atomic mass is 16.5. The maximum absolute atomic E-state index is 12.7. The van der Waals surface area contributed by atoms with Crippen LogP contribution in [-0.4, -0.2) is 48.3 Å². The molecule has 164 valence electrons. The van der Waals surface area contributed by atoms with E-state index >= 15 is 0 Å². The molecule has 0 fully saturated rings. The summed E-state index contributed by atoms with van der Waals surface area (Å²) in [6, 6.07) is 5.50. The lowest BCUT2D eigenvalue weighted by molar-refractivity contribution is -0.122. The van der Waals surface area contributed by atoms with Crippen LogP contribution in [0.2, 0.25) is 0 Å². The SMILES string of the molecule is COc1ccc(/C(=C/C(C)=O)N(CC(=O)NC(C)(C)CN)C(C)=C=O)c(C(C)C)c1. The Morgan fingerprint density at radius 1 is 1.30 bits per heavy atom. The van der Waals surface area contributed by atoms with Crippen LogP contribution in [0, 0.1) is 0 Å². The highest BCUT2D eigenvalue weighted by molar-refractivity contribution is 5.96. The number of carbonyl (C=O) groups is 2. The Morgan fingerprint density at radius 3 is 2.40 bits per heavy atom. The third-order valence-corrected chi connectivity index (χ3v) is 4.63. The van der Waals surface area contributed by atoms with Gasteiger partial charge < -0.3 is 20.7 Å². The molecular formula is C23H33N3O4. The molecule has 1 aromatic rings. The second-order valence-electron chi connectivity index (χ2n) is 8.16. The molecule has 1 amide bonds. The molecule has 30 heavy (non-hydrogen) atoms. The third kappa shape index (κ3) is 6.87. The molecule has 3 N–H and O–H groups in total. The Morgan fingerprint density at radius 2 is 1.93 bits per heavy atom. The number of rotatable bonds is 10. The summed E-state index contributed by atoms with van der Waals surface area (Å²) < 4.78 is 5.34. The lowest BCUT2D eigenvalue weighted by Crippen LogP contribution is -2.51. The largest absolute Gasteiger partial charge is 0.497 e. The van der Waals surface area contributed by atoms with Crippen molar-refractivity contribution >= 4 is 23.3 Å². The van der Waals surface area contributed by atoms with Crippen molar-refractivity contribution in [3.05, 3.63) is 41.1 Å². The van der Waals surface area contributed by atoms with Gasteiger partial charge in [0.05, 0.1) is 12.8 Å². The standard InChI is InChI=1S/C23H33N3O4/c1-15(2)20-11-18(30-7)8-9-19(20)21(10-17(4)28)26(16(3)13-27)12-22(29)25-23(5,6)14-24/h8-11,15H,12,14,24H2,1-7H3,(H,25,29)/b21-10-. The van der Waals surface area contributed by atoms with Crippen LogP contribution in [0.25, 0.3) is 5.70 Å². The van der Waals surface area contributed by atoms with Gasteiger partial charge in [-0.2, -0.15) is 0 Å². The van der Waals surface area contributed by atoms with Gasteiger partial charge in [0.2, 0.25) is 5.91 Å². The van der Waals surface area contributed by atoms with Crippen molar-refractivity contribution in [2.45, 2.75) is 53.0 Å². The van der Waals surface area contributed by atoms with E-state index in [1.165, 1.54) is 17.9 Å². The molecule has 0 aliphatic carbocycles. The van der Waals surface area contributed by atoms with Crippen LogP contribution in [0.5, 0.6) is 5.75 Å². The predicted molar refractivity (Wildman–Crippen MR) is 119 cm³/mol. The van der Waals surface area contributed by atoms with Crippen LogP contribution in [0.15, 0.2) is 30.0 Å². The normalized spacial score (nSPS) is 11.7. The number of allylic oxidation sites excluding steroid dienone is 2. The molecule has 0 saturated heterocycles. The molecule has 0 unspecified atom stereocenters. The number of nitrogens with zero attached hydrogens (tertiary/aromatic N) is 1. The minimum atomic E-state index is -0.602. The number of carbonyl (C=O) groups excluding carboxylic acids is 3. The van der Waals surface area contributed by atoms with Gasteiger partial charge in [-0.1, -0.05) is 13.8 Å². The Kier molecular flexibility index (Phi) is 9.02. The number of hydrogen-bond donors (Lipinski definition) is 2. The molecular weight excluding hydrogens is 382 g/mol. The van der Waals surface area contributed by atoms with Crippen molar-refractivity contribution in [1.29, 1.82) is 0 Å². The fraction of sp³-hybridized carbons (Fsp3) is 0.478. The zero-order chi connectivity index (χ0) is 23.1. The summed E-state index contributed by atoms with van der Waals surface area (Å²) in [5, 5.41) is 2.85.